The summed E-state index contributed by atoms with van der Waals surface area (Å²) in [4.78, 5) is 28.0. The highest BCUT2D eigenvalue weighted by atomic mass is 35.5. The molecule has 0 unspecified atom stereocenters. The lowest BCUT2D eigenvalue weighted by Gasteiger charge is -2.39. The molecular weight excluding hydrogens is 332 g/mol. The molecule has 0 N–H and O–H groups in total. The van der Waals surface area contributed by atoms with Crippen LogP contribution in [-0.4, -0.2) is 56.2 Å². The molecule has 6 nitrogen and oxygen atoms in total. The highest BCUT2D eigenvalue weighted by Gasteiger charge is 2.39. The number of carbonyl (C=O) groups is 2. The average molecular weight is 353 g/mol. The van der Waals surface area contributed by atoms with Gasteiger partial charge in [-0.2, -0.15) is 0 Å². The first-order valence-corrected chi connectivity index (χ1v) is 7.89. The molecule has 1 atom stereocenters. The van der Waals surface area contributed by atoms with Crippen LogP contribution in [-0.2, 0) is 14.3 Å². The fourth-order valence-corrected chi connectivity index (χ4v) is 2.92. The molecule has 130 valence electrons. The van der Waals surface area contributed by atoms with E-state index in [9.17, 15) is 9.59 Å². The van der Waals surface area contributed by atoms with Crippen molar-refractivity contribution in [3.05, 3.63) is 46.1 Å². The minimum absolute atomic E-state index is 0.142. The monoisotopic (exact) mass is 352 g/mol. The van der Waals surface area contributed by atoms with E-state index in [4.69, 9.17) is 21.1 Å². The standard InChI is InChI=1S/C17H21ClN2O4/c1-11-14(16(21)24-10-9-23-4)15(20(3)17(22)19(11)2)12-7-5-6-8-13(12)18/h5-8,15H,9-10H2,1-4H3/t15-/m0/s1. The van der Waals surface area contributed by atoms with E-state index in [1.807, 2.05) is 6.07 Å². The molecule has 1 aliphatic rings. The molecule has 1 heterocycles. The van der Waals surface area contributed by atoms with Gasteiger partial charge in [0.15, 0.2) is 0 Å². The highest BCUT2D eigenvalue weighted by molar-refractivity contribution is 6.31. The first kappa shape index (κ1) is 18.3. The van der Waals surface area contributed by atoms with Crippen molar-refractivity contribution in [1.82, 2.24) is 9.80 Å². The molecule has 1 aromatic carbocycles. The quantitative estimate of drug-likeness (QED) is 0.604. The molecule has 0 aliphatic carbocycles. The largest absolute Gasteiger partial charge is 0.460 e. The zero-order chi connectivity index (χ0) is 17.9. The third-order valence-corrected chi connectivity index (χ3v) is 4.43. The molecule has 1 aliphatic heterocycles. The van der Waals surface area contributed by atoms with Crippen molar-refractivity contribution in [1.29, 1.82) is 0 Å². The third kappa shape index (κ3) is 3.39. The van der Waals surface area contributed by atoms with Gasteiger partial charge in [0.05, 0.1) is 18.2 Å². The minimum atomic E-state index is -0.600. The van der Waals surface area contributed by atoms with Crippen LogP contribution in [0.25, 0.3) is 0 Å². The van der Waals surface area contributed by atoms with Gasteiger partial charge in [-0.15, -0.1) is 0 Å². The summed E-state index contributed by atoms with van der Waals surface area (Å²) in [5.41, 5.74) is 1.62. The van der Waals surface area contributed by atoms with Crippen LogP contribution in [0.5, 0.6) is 0 Å². The number of methoxy groups -OCH3 is 1. The lowest BCUT2D eigenvalue weighted by molar-refractivity contribution is -0.141. The zero-order valence-corrected chi connectivity index (χ0v) is 15.0. The summed E-state index contributed by atoms with van der Waals surface area (Å²) in [7, 11) is 4.80. The van der Waals surface area contributed by atoms with E-state index in [-0.39, 0.29) is 12.6 Å². The number of likely N-dealkylation sites (N-methyl/N-ethyl adjacent to an activating group) is 1. The predicted molar refractivity (Wildman–Crippen MR) is 90.7 cm³/mol. The number of allylic oxidation sites excluding steroid dienone is 1. The molecule has 0 spiro atoms. The number of urea groups is 1. The number of hydrogen-bond donors (Lipinski definition) is 0. The number of esters is 1. The van der Waals surface area contributed by atoms with E-state index < -0.39 is 12.0 Å². The van der Waals surface area contributed by atoms with Gasteiger partial charge in [-0.3, -0.25) is 0 Å². The van der Waals surface area contributed by atoms with Crippen molar-refractivity contribution in [2.75, 3.05) is 34.4 Å². The van der Waals surface area contributed by atoms with Crippen molar-refractivity contribution in [3.63, 3.8) is 0 Å². The Labute approximate surface area is 146 Å². The lowest BCUT2D eigenvalue weighted by atomic mass is 9.93. The predicted octanol–water partition coefficient (Wildman–Crippen LogP) is 2.84. The molecule has 2 rings (SSSR count). The molecule has 0 aromatic heterocycles. The molecular formula is C17H21ClN2O4. The van der Waals surface area contributed by atoms with Crippen molar-refractivity contribution >= 4 is 23.6 Å². The average Bonchev–Trinajstić information content (AvgIpc) is 2.57. The van der Waals surface area contributed by atoms with Crippen LogP contribution in [0, 0.1) is 0 Å². The van der Waals surface area contributed by atoms with Crippen LogP contribution < -0.4 is 0 Å². The second-order valence-corrected chi connectivity index (χ2v) is 5.91. The second-order valence-electron chi connectivity index (χ2n) is 5.50. The van der Waals surface area contributed by atoms with E-state index in [0.717, 1.165) is 0 Å². The van der Waals surface area contributed by atoms with E-state index in [1.54, 1.807) is 39.2 Å². The van der Waals surface area contributed by atoms with E-state index in [0.29, 0.717) is 28.5 Å². The fraction of sp³-hybridized carbons (Fsp3) is 0.412. The van der Waals surface area contributed by atoms with Crippen molar-refractivity contribution in [2.24, 2.45) is 0 Å². The highest BCUT2D eigenvalue weighted by Crippen LogP contribution is 2.38. The Morgan fingerprint density at radius 2 is 1.92 bits per heavy atom. The summed E-state index contributed by atoms with van der Waals surface area (Å²) in [6, 6.07) is 6.34. The lowest BCUT2D eigenvalue weighted by Crippen LogP contribution is -2.47. The number of benzene rings is 1. The van der Waals surface area contributed by atoms with Gasteiger partial charge in [-0.25, -0.2) is 9.59 Å². The topological polar surface area (TPSA) is 59.1 Å². The summed E-state index contributed by atoms with van der Waals surface area (Å²) in [6.45, 7) is 2.17. The maximum Gasteiger partial charge on any atom is 0.338 e. The molecule has 24 heavy (non-hydrogen) atoms. The second kappa shape index (κ2) is 7.68. The molecule has 0 saturated heterocycles. The van der Waals surface area contributed by atoms with Crippen molar-refractivity contribution < 1.29 is 19.1 Å². The maximum atomic E-state index is 12.6. The minimum Gasteiger partial charge on any atom is -0.460 e. The number of ether oxygens (including phenoxy) is 2. The Bertz CT molecular complexity index is 674. The van der Waals surface area contributed by atoms with Crippen LogP contribution in [0.15, 0.2) is 35.5 Å². The van der Waals surface area contributed by atoms with Crippen molar-refractivity contribution in [3.8, 4) is 0 Å². The Hall–Kier alpha value is -2.05. The van der Waals surface area contributed by atoms with Gasteiger partial charge in [-0.1, -0.05) is 29.8 Å². The number of nitrogens with zero attached hydrogens (tertiary/aromatic N) is 2. The Balaban J connectivity index is 2.49. The summed E-state index contributed by atoms with van der Waals surface area (Å²) < 4.78 is 10.2. The summed E-state index contributed by atoms with van der Waals surface area (Å²) in [5.74, 6) is -0.485. The first-order chi connectivity index (χ1) is 11.4. The Morgan fingerprint density at radius 3 is 2.54 bits per heavy atom. The van der Waals surface area contributed by atoms with Gasteiger partial charge in [0.1, 0.15) is 6.61 Å². The number of amides is 2. The molecule has 0 saturated carbocycles. The van der Waals surface area contributed by atoms with E-state index in [2.05, 4.69) is 0 Å². The van der Waals surface area contributed by atoms with Crippen LogP contribution in [0.4, 0.5) is 4.79 Å². The summed E-state index contributed by atoms with van der Waals surface area (Å²) in [6.07, 6.45) is 0. The Morgan fingerprint density at radius 1 is 1.25 bits per heavy atom. The zero-order valence-electron chi connectivity index (χ0n) is 14.2. The Kier molecular flexibility index (Phi) is 5.85. The van der Waals surface area contributed by atoms with Gasteiger partial charge < -0.3 is 19.3 Å². The van der Waals surface area contributed by atoms with Crippen LogP contribution >= 0.6 is 11.6 Å². The fourth-order valence-electron chi connectivity index (χ4n) is 2.68. The van der Waals surface area contributed by atoms with Gasteiger partial charge in [0.25, 0.3) is 0 Å². The number of carbonyl (C=O) groups excluding carboxylic acids is 2. The number of rotatable bonds is 5. The van der Waals surface area contributed by atoms with Gasteiger partial charge in [0, 0.05) is 31.9 Å². The first-order valence-electron chi connectivity index (χ1n) is 7.52. The molecule has 0 radical (unpaired) electrons. The van der Waals surface area contributed by atoms with Crippen LogP contribution in [0.2, 0.25) is 5.02 Å². The van der Waals surface area contributed by atoms with Gasteiger partial charge in [-0.05, 0) is 18.6 Å². The van der Waals surface area contributed by atoms with Crippen LogP contribution in [0.3, 0.4) is 0 Å². The molecule has 0 fully saturated rings. The van der Waals surface area contributed by atoms with E-state index in [1.165, 1.54) is 16.9 Å². The number of halogens is 1. The summed E-state index contributed by atoms with van der Waals surface area (Å²) >= 11 is 6.31. The third-order valence-electron chi connectivity index (χ3n) is 4.08. The molecule has 2 amide bonds. The smallest absolute Gasteiger partial charge is 0.338 e. The van der Waals surface area contributed by atoms with E-state index >= 15 is 0 Å². The SMILES string of the molecule is COCCOC(=O)C1=C(C)N(C)C(=O)N(C)[C@H]1c1ccccc1Cl. The molecule has 7 heteroatoms. The molecule has 1 aromatic rings. The van der Waals surface area contributed by atoms with Crippen LogP contribution in [0.1, 0.15) is 18.5 Å². The maximum absolute atomic E-state index is 12.6. The van der Waals surface area contributed by atoms with Gasteiger partial charge >= 0.3 is 12.0 Å². The van der Waals surface area contributed by atoms with Gasteiger partial charge in [0.2, 0.25) is 0 Å². The summed E-state index contributed by atoms with van der Waals surface area (Å²) in [5, 5.41) is 0.488. The molecule has 0 bridgehead atoms. The van der Waals surface area contributed by atoms with Crippen molar-refractivity contribution in [2.45, 2.75) is 13.0 Å². The normalized spacial score (nSPS) is 18.2. The number of hydrogen-bond acceptors (Lipinski definition) is 4.